The molecule has 7 nitrogen and oxygen atoms in total. The maximum absolute atomic E-state index is 13.9. The van der Waals surface area contributed by atoms with Gasteiger partial charge in [-0.1, -0.05) is 12.1 Å². The molecule has 1 aliphatic heterocycles. The third kappa shape index (κ3) is 3.27. The summed E-state index contributed by atoms with van der Waals surface area (Å²) in [5.41, 5.74) is 3.47. The molecule has 0 aliphatic carbocycles. The van der Waals surface area contributed by atoms with E-state index in [1.54, 1.807) is 23.0 Å². The summed E-state index contributed by atoms with van der Waals surface area (Å²) in [4.78, 5) is 16.5. The Bertz CT molecular complexity index is 970. The van der Waals surface area contributed by atoms with E-state index in [0.29, 0.717) is 44.8 Å². The number of anilines is 1. The maximum Gasteiger partial charge on any atom is 0.224 e. The van der Waals surface area contributed by atoms with E-state index >= 15 is 0 Å². The van der Waals surface area contributed by atoms with Gasteiger partial charge in [-0.25, -0.2) is 4.39 Å². The molecule has 1 amide bonds. The summed E-state index contributed by atoms with van der Waals surface area (Å²) in [7, 11) is 1.89. The number of fused-ring (bicyclic) bond motifs is 1. The molecule has 0 N–H and O–H groups in total. The molecule has 0 bridgehead atoms. The van der Waals surface area contributed by atoms with Crippen molar-refractivity contribution in [3.8, 4) is 0 Å². The first-order valence-electron chi connectivity index (χ1n) is 9.17. The van der Waals surface area contributed by atoms with Crippen LogP contribution in [0.1, 0.15) is 12.1 Å². The second-order valence-electron chi connectivity index (χ2n) is 6.88. The summed E-state index contributed by atoms with van der Waals surface area (Å²) in [6, 6.07) is 6.78. The Labute approximate surface area is 157 Å². The van der Waals surface area contributed by atoms with Crippen molar-refractivity contribution >= 4 is 22.6 Å². The van der Waals surface area contributed by atoms with Crippen LogP contribution in [0.15, 0.2) is 30.5 Å². The Morgan fingerprint density at radius 3 is 2.67 bits per heavy atom. The predicted molar refractivity (Wildman–Crippen MR) is 101 cm³/mol. The Balaban J connectivity index is 1.35. The molecule has 1 aliphatic rings. The van der Waals surface area contributed by atoms with Crippen LogP contribution < -0.4 is 4.90 Å². The van der Waals surface area contributed by atoms with Gasteiger partial charge in [0, 0.05) is 39.6 Å². The lowest BCUT2D eigenvalue weighted by atomic mass is 10.2. The van der Waals surface area contributed by atoms with Crippen LogP contribution in [0.25, 0.3) is 11.0 Å². The van der Waals surface area contributed by atoms with Gasteiger partial charge in [0.1, 0.15) is 16.9 Å². The fourth-order valence-electron chi connectivity index (χ4n) is 3.74. The standard InChI is InChI=1S/C19H23FN6O/c1-14-19-17(23(2)22-14)13-21-26(19)8-7-18(27)25-11-9-24(10-12-25)16-6-4-3-5-15(16)20/h3-6,13H,7-12H2,1-2H3. The highest BCUT2D eigenvalue weighted by Gasteiger charge is 2.23. The molecule has 0 saturated carbocycles. The molecule has 0 spiro atoms. The largest absolute Gasteiger partial charge is 0.366 e. The summed E-state index contributed by atoms with van der Waals surface area (Å²) in [6.45, 7) is 4.97. The number of carbonyl (C=O) groups is 1. The Morgan fingerprint density at radius 2 is 1.93 bits per heavy atom. The van der Waals surface area contributed by atoms with Gasteiger partial charge < -0.3 is 9.80 Å². The van der Waals surface area contributed by atoms with Gasteiger partial charge >= 0.3 is 0 Å². The molecular weight excluding hydrogens is 347 g/mol. The minimum Gasteiger partial charge on any atom is -0.366 e. The van der Waals surface area contributed by atoms with Gasteiger partial charge in [-0.05, 0) is 19.1 Å². The number of hydrogen-bond acceptors (Lipinski definition) is 4. The Kier molecular flexibility index (Phi) is 4.55. The smallest absolute Gasteiger partial charge is 0.224 e. The van der Waals surface area contributed by atoms with E-state index in [2.05, 4.69) is 10.2 Å². The molecule has 3 aromatic rings. The number of amides is 1. The summed E-state index contributed by atoms with van der Waals surface area (Å²) < 4.78 is 17.6. The highest BCUT2D eigenvalue weighted by Crippen LogP contribution is 2.21. The lowest BCUT2D eigenvalue weighted by Crippen LogP contribution is -2.49. The van der Waals surface area contributed by atoms with Gasteiger partial charge in [-0.2, -0.15) is 10.2 Å². The van der Waals surface area contributed by atoms with E-state index in [1.165, 1.54) is 6.07 Å². The molecule has 27 heavy (non-hydrogen) atoms. The van der Waals surface area contributed by atoms with Crippen molar-refractivity contribution in [3.63, 3.8) is 0 Å². The van der Waals surface area contributed by atoms with Crippen LogP contribution in [0.2, 0.25) is 0 Å². The molecule has 0 atom stereocenters. The first kappa shape index (κ1) is 17.5. The lowest BCUT2D eigenvalue weighted by Gasteiger charge is -2.36. The average molecular weight is 370 g/mol. The summed E-state index contributed by atoms with van der Waals surface area (Å²) in [5, 5.41) is 8.79. The van der Waals surface area contributed by atoms with E-state index in [0.717, 1.165) is 16.7 Å². The second kappa shape index (κ2) is 7.02. The van der Waals surface area contributed by atoms with Crippen molar-refractivity contribution in [3.05, 3.63) is 42.0 Å². The number of aromatic nitrogens is 4. The number of piperazine rings is 1. The summed E-state index contributed by atoms with van der Waals surface area (Å²) >= 11 is 0. The molecule has 1 fully saturated rings. The zero-order chi connectivity index (χ0) is 19.0. The fourth-order valence-corrected chi connectivity index (χ4v) is 3.74. The van der Waals surface area contributed by atoms with Crippen LogP contribution >= 0.6 is 0 Å². The molecule has 8 heteroatoms. The summed E-state index contributed by atoms with van der Waals surface area (Å²) in [6.07, 6.45) is 2.18. The van der Waals surface area contributed by atoms with Crippen molar-refractivity contribution in [2.75, 3.05) is 31.1 Å². The minimum atomic E-state index is -0.216. The van der Waals surface area contributed by atoms with Crippen LogP contribution in [0.3, 0.4) is 0 Å². The molecule has 1 saturated heterocycles. The zero-order valence-corrected chi connectivity index (χ0v) is 15.6. The van der Waals surface area contributed by atoms with Crippen molar-refractivity contribution in [1.29, 1.82) is 0 Å². The zero-order valence-electron chi connectivity index (χ0n) is 15.6. The number of para-hydroxylation sites is 1. The first-order valence-corrected chi connectivity index (χ1v) is 9.17. The van der Waals surface area contributed by atoms with Crippen LogP contribution in [-0.2, 0) is 18.4 Å². The number of halogens is 1. The second-order valence-corrected chi connectivity index (χ2v) is 6.88. The number of aryl methyl sites for hydroxylation is 3. The number of benzene rings is 1. The van der Waals surface area contributed by atoms with Crippen molar-refractivity contribution < 1.29 is 9.18 Å². The van der Waals surface area contributed by atoms with Gasteiger partial charge in [0.25, 0.3) is 0 Å². The molecule has 142 valence electrons. The van der Waals surface area contributed by atoms with Crippen LogP contribution in [-0.4, -0.2) is 56.5 Å². The van der Waals surface area contributed by atoms with Gasteiger partial charge in [0.05, 0.1) is 24.1 Å². The molecule has 0 radical (unpaired) electrons. The van der Waals surface area contributed by atoms with E-state index < -0.39 is 0 Å². The van der Waals surface area contributed by atoms with E-state index in [9.17, 15) is 9.18 Å². The topological polar surface area (TPSA) is 59.2 Å². The quantitative estimate of drug-likeness (QED) is 0.704. The predicted octanol–water partition coefficient (Wildman–Crippen LogP) is 1.96. The molecule has 2 aromatic heterocycles. The molecular formula is C19H23FN6O. The van der Waals surface area contributed by atoms with Gasteiger partial charge in [0.15, 0.2) is 0 Å². The highest BCUT2D eigenvalue weighted by atomic mass is 19.1. The molecule has 4 rings (SSSR count). The Morgan fingerprint density at radius 1 is 1.19 bits per heavy atom. The van der Waals surface area contributed by atoms with Crippen molar-refractivity contribution in [2.24, 2.45) is 7.05 Å². The van der Waals surface area contributed by atoms with Crippen LogP contribution in [0.5, 0.6) is 0 Å². The van der Waals surface area contributed by atoms with E-state index in [1.807, 2.05) is 34.5 Å². The highest BCUT2D eigenvalue weighted by molar-refractivity contribution is 5.79. The number of nitrogens with zero attached hydrogens (tertiary/aromatic N) is 6. The van der Waals surface area contributed by atoms with Gasteiger partial charge in [-0.15, -0.1) is 0 Å². The van der Waals surface area contributed by atoms with E-state index in [-0.39, 0.29) is 11.7 Å². The monoisotopic (exact) mass is 370 g/mol. The van der Waals surface area contributed by atoms with Crippen LogP contribution in [0.4, 0.5) is 10.1 Å². The molecule has 1 aromatic carbocycles. The molecule has 3 heterocycles. The normalized spacial score (nSPS) is 14.9. The maximum atomic E-state index is 13.9. The van der Waals surface area contributed by atoms with Gasteiger partial charge in [-0.3, -0.25) is 14.2 Å². The van der Waals surface area contributed by atoms with E-state index in [4.69, 9.17) is 0 Å². The van der Waals surface area contributed by atoms with Crippen molar-refractivity contribution in [2.45, 2.75) is 19.9 Å². The van der Waals surface area contributed by atoms with Crippen molar-refractivity contribution in [1.82, 2.24) is 24.5 Å². The molecule has 0 unspecified atom stereocenters. The third-order valence-corrected chi connectivity index (χ3v) is 5.17. The lowest BCUT2D eigenvalue weighted by molar-refractivity contribution is -0.131. The third-order valence-electron chi connectivity index (χ3n) is 5.17. The first-order chi connectivity index (χ1) is 13.0. The SMILES string of the molecule is Cc1nn(C)c2cnn(CCC(=O)N3CCN(c4ccccc4F)CC3)c12. The van der Waals surface area contributed by atoms with Gasteiger partial charge in [0.2, 0.25) is 5.91 Å². The fraction of sp³-hybridized carbons (Fsp3) is 0.421. The number of hydrogen-bond donors (Lipinski definition) is 0. The average Bonchev–Trinajstić information content (AvgIpc) is 3.22. The summed E-state index contributed by atoms with van der Waals surface area (Å²) in [5.74, 6) is -0.111. The minimum absolute atomic E-state index is 0.105. The number of carbonyl (C=O) groups excluding carboxylic acids is 1. The van der Waals surface area contributed by atoms with Crippen LogP contribution in [0, 0.1) is 12.7 Å². The Hall–Kier alpha value is -2.90. The number of rotatable bonds is 4.